The molecule has 0 saturated carbocycles. The lowest BCUT2D eigenvalue weighted by Crippen LogP contribution is -2.18. The molecule has 1 aromatic heterocycles. The number of hydrogen-bond acceptors (Lipinski definition) is 4. The zero-order valence-electron chi connectivity index (χ0n) is 15.2. The molecule has 1 heterocycles. The highest BCUT2D eigenvalue weighted by atomic mass is 35.5. The molecule has 0 spiro atoms. The number of halogens is 1. The monoisotopic (exact) mass is 398 g/mol. The fourth-order valence-corrected chi connectivity index (χ4v) is 2.76. The van der Waals surface area contributed by atoms with Crippen LogP contribution >= 0.6 is 11.6 Å². The van der Waals surface area contributed by atoms with Crippen molar-refractivity contribution in [2.45, 2.75) is 20.1 Å². The summed E-state index contributed by atoms with van der Waals surface area (Å²) in [5, 5.41) is 7.34. The summed E-state index contributed by atoms with van der Waals surface area (Å²) in [5.74, 6) is -0.436. The van der Waals surface area contributed by atoms with Gasteiger partial charge in [-0.1, -0.05) is 29.8 Å². The number of aryl methyl sites for hydroxylation is 1. The van der Waals surface area contributed by atoms with Crippen LogP contribution in [0.3, 0.4) is 0 Å². The standard InChI is InChI=1S/C20H19ClN4O3/c1-2-25-11-17(18(24-25)19(22)26)23-20(27)14-6-3-5-13(9-14)12-28-16-8-4-7-15(21)10-16/h3-11H,2,12H2,1H3,(H2,22,26)(H,23,27). The van der Waals surface area contributed by atoms with E-state index in [1.54, 1.807) is 48.7 Å². The van der Waals surface area contributed by atoms with E-state index < -0.39 is 5.91 Å². The second-order valence-electron chi connectivity index (χ2n) is 6.01. The third-order valence-corrected chi connectivity index (χ3v) is 4.19. The SMILES string of the molecule is CCn1cc(NC(=O)c2cccc(COc3cccc(Cl)c3)c2)c(C(N)=O)n1. The molecule has 0 aliphatic heterocycles. The minimum atomic E-state index is -0.703. The number of ether oxygens (including phenoxy) is 1. The first-order chi connectivity index (χ1) is 13.5. The molecule has 0 radical (unpaired) electrons. The first-order valence-corrected chi connectivity index (χ1v) is 9.00. The van der Waals surface area contributed by atoms with Gasteiger partial charge in [-0.2, -0.15) is 5.10 Å². The summed E-state index contributed by atoms with van der Waals surface area (Å²) in [6.45, 7) is 2.70. The van der Waals surface area contributed by atoms with E-state index in [1.807, 2.05) is 13.0 Å². The Kier molecular flexibility index (Phi) is 5.96. The van der Waals surface area contributed by atoms with Gasteiger partial charge in [0.25, 0.3) is 11.8 Å². The second kappa shape index (κ2) is 8.58. The average Bonchev–Trinajstić information content (AvgIpc) is 3.10. The van der Waals surface area contributed by atoms with Gasteiger partial charge < -0.3 is 15.8 Å². The number of nitrogens with zero attached hydrogens (tertiary/aromatic N) is 2. The molecule has 8 heteroatoms. The molecule has 144 valence electrons. The second-order valence-corrected chi connectivity index (χ2v) is 6.45. The topological polar surface area (TPSA) is 99.2 Å². The number of aromatic nitrogens is 2. The first-order valence-electron chi connectivity index (χ1n) is 8.62. The van der Waals surface area contributed by atoms with Crippen LogP contribution in [0.5, 0.6) is 5.75 Å². The van der Waals surface area contributed by atoms with Crippen LogP contribution in [0.4, 0.5) is 5.69 Å². The molecule has 0 aliphatic rings. The van der Waals surface area contributed by atoms with Gasteiger partial charge in [0.2, 0.25) is 0 Å². The van der Waals surface area contributed by atoms with E-state index in [4.69, 9.17) is 22.1 Å². The van der Waals surface area contributed by atoms with Crippen molar-refractivity contribution in [3.63, 3.8) is 0 Å². The molecule has 0 atom stereocenters. The van der Waals surface area contributed by atoms with E-state index in [2.05, 4.69) is 10.4 Å². The van der Waals surface area contributed by atoms with E-state index in [-0.39, 0.29) is 23.9 Å². The molecule has 2 aromatic carbocycles. The molecule has 3 N–H and O–H groups in total. The maximum absolute atomic E-state index is 12.6. The predicted octanol–water partition coefficient (Wildman–Crippen LogP) is 3.49. The van der Waals surface area contributed by atoms with E-state index in [0.717, 1.165) is 5.56 Å². The summed E-state index contributed by atoms with van der Waals surface area (Å²) in [7, 11) is 0. The highest BCUT2D eigenvalue weighted by Crippen LogP contribution is 2.19. The molecule has 0 unspecified atom stereocenters. The van der Waals surface area contributed by atoms with Gasteiger partial charge in [0.1, 0.15) is 12.4 Å². The molecular formula is C20H19ClN4O3. The number of amides is 2. The van der Waals surface area contributed by atoms with Crippen molar-refractivity contribution in [2.75, 3.05) is 5.32 Å². The van der Waals surface area contributed by atoms with E-state index in [1.165, 1.54) is 4.68 Å². The Morgan fingerprint density at radius 2 is 2.00 bits per heavy atom. The number of hydrogen-bond donors (Lipinski definition) is 2. The summed E-state index contributed by atoms with van der Waals surface area (Å²) < 4.78 is 7.24. The van der Waals surface area contributed by atoms with Gasteiger partial charge in [0.05, 0.1) is 5.69 Å². The van der Waals surface area contributed by atoms with Gasteiger partial charge in [0.15, 0.2) is 5.69 Å². The molecule has 0 bridgehead atoms. The molecule has 3 aromatic rings. The lowest BCUT2D eigenvalue weighted by atomic mass is 10.1. The van der Waals surface area contributed by atoms with Crippen molar-refractivity contribution in [3.05, 3.63) is 76.6 Å². The molecule has 0 fully saturated rings. The van der Waals surface area contributed by atoms with Crippen molar-refractivity contribution in [3.8, 4) is 5.75 Å². The third kappa shape index (κ3) is 4.69. The summed E-state index contributed by atoms with van der Waals surface area (Å²) in [6, 6.07) is 14.1. The van der Waals surface area contributed by atoms with Crippen LogP contribution in [-0.4, -0.2) is 21.6 Å². The van der Waals surface area contributed by atoms with Crippen LogP contribution in [0.25, 0.3) is 0 Å². The Hall–Kier alpha value is -3.32. The number of benzene rings is 2. The maximum atomic E-state index is 12.6. The molecule has 3 rings (SSSR count). The zero-order chi connectivity index (χ0) is 20.1. The highest BCUT2D eigenvalue weighted by molar-refractivity contribution is 6.30. The molecule has 28 heavy (non-hydrogen) atoms. The van der Waals surface area contributed by atoms with E-state index in [9.17, 15) is 9.59 Å². The molecule has 2 amide bonds. The van der Waals surface area contributed by atoms with Crippen LogP contribution in [-0.2, 0) is 13.2 Å². The van der Waals surface area contributed by atoms with E-state index >= 15 is 0 Å². The fourth-order valence-electron chi connectivity index (χ4n) is 2.58. The van der Waals surface area contributed by atoms with Gasteiger partial charge in [-0.15, -0.1) is 0 Å². The van der Waals surface area contributed by atoms with E-state index in [0.29, 0.717) is 22.9 Å². The van der Waals surface area contributed by atoms with Gasteiger partial charge in [-0.3, -0.25) is 14.3 Å². The van der Waals surface area contributed by atoms with Gasteiger partial charge in [-0.05, 0) is 42.8 Å². The molecular weight excluding hydrogens is 380 g/mol. The molecule has 7 nitrogen and oxygen atoms in total. The Balaban J connectivity index is 1.72. The normalized spacial score (nSPS) is 10.5. The van der Waals surface area contributed by atoms with Crippen LogP contribution < -0.4 is 15.8 Å². The predicted molar refractivity (Wildman–Crippen MR) is 107 cm³/mol. The number of nitrogens with one attached hydrogen (secondary N) is 1. The van der Waals surface area contributed by atoms with Gasteiger partial charge in [0, 0.05) is 23.3 Å². The van der Waals surface area contributed by atoms with Crippen molar-refractivity contribution < 1.29 is 14.3 Å². The van der Waals surface area contributed by atoms with Crippen LogP contribution in [0.2, 0.25) is 5.02 Å². The summed E-state index contributed by atoms with van der Waals surface area (Å²) >= 11 is 5.94. The van der Waals surface area contributed by atoms with Crippen molar-refractivity contribution in [1.29, 1.82) is 0 Å². The number of nitrogens with two attached hydrogens (primary N) is 1. The van der Waals surface area contributed by atoms with Crippen LogP contribution in [0.1, 0.15) is 33.3 Å². The van der Waals surface area contributed by atoms with Crippen molar-refractivity contribution in [1.82, 2.24) is 9.78 Å². The Morgan fingerprint density at radius 1 is 1.21 bits per heavy atom. The minimum absolute atomic E-state index is 0.0237. The number of carbonyl (C=O) groups is 2. The summed E-state index contributed by atoms with van der Waals surface area (Å²) in [6.07, 6.45) is 1.57. The number of carbonyl (C=O) groups excluding carboxylic acids is 2. The summed E-state index contributed by atoms with van der Waals surface area (Å²) in [5.41, 5.74) is 6.87. The quantitative estimate of drug-likeness (QED) is 0.636. The fraction of sp³-hybridized carbons (Fsp3) is 0.150. The van der Waals surface area contributed by atoms with Crippen LogP contribution in [0, 0.1) is 0 Å². The zero-order valence-corrected chi connectivity index (χ0v) is 15.9. The average molecular weight is 399 g/mol. The van der Waals surface area contributed by atoms with Gasteiger partial charge >= 0.3 is 0 Å². The summed E-state index contributed by atoms with van der Waals surface area (Å²) in [4.78, 5) is 24.1. The number of primary amides is 1. The lowest BCUT2D eigenvalue weighted by Gasteiger charge is -2.09. The number of anilines is 1. The lowest BCUT2D eigenvalue weighted by molar-refractivity contribution is 0.0995. The molecule has 0 aliphatic carbocycles. The first kappa shape index (κ1) is 19.4. The molecule has 0 saturated heterocycles. The Labute approximate surface area is 167 Å². The maximum Gasteiger partial charge on any atom is 0.271 e. The Morgan fingerprint density at radius 3 is 2.71 bits per heavy atom. The highest BCUT2D eigenvalue weighted by Gasteiger charge is 2.17. The van der Waals surface area contributed by atoms with Crippen LogP contribution in [0.15, 0.2) is 54.7 Å². The van der Waals surface area contributed by atoms with Gasteiger partial charge in [-0.25, -0.2) is 0 Å². The Bertz CT molecular complexity index is 1020. The minimum Gasteiger partial charge on any atom is -0.489 e. The van der Waals surface area contributed by atoms with Crippen molar-refractivity contribution in [2.24, 2.45) is 5.73 Å². The largest absolute Gasteiger partial charge is 0.489 e. The third-order valence-electron chi connectivity index (χ3n) is 3.96. The number of rotatable bonds is 7. The smallest absolute Gasteiger partial charge is 0.271 e. The van der Waals surface area contributed by atoms with Crippen molar-refractivity contribution >= 4 is 29.1 Å².